The molecule has 0 atom stereocenters. The van der Waals surface area contributed by atoms with E-state index in [1.54, 1.807) is 6.33 Å². The number of hydrogen-bond donors (Lipinski definition) is 1. The summed E-state index contributed by atoms with van der Waals surface area (Å²) in [7, 11) is -3.57. The van der Waals surface area contributed by atoms with Gasteiger partial charge >= 0.3 is 0 Å². The van der Waals surface area contributed by atoms with Gasteiger partial charge in [-0.15, -0.1) is 10.2 Å². The molecule has 0 unspecified atom stereocenters. The highest BCUT2D eigenvalue weighted by atomic mass is 32.2. The number of nitrogens with one attached hydrogen (secondary N) is 1. The Morgan fingerprint density at radius 2 is 1.73 bits per heavy atom. The molecule has 0 radical (unpaired) electrons. The molecule has 2 heterocycles. The van der Waals surface area contributed by atoms with Gasteiger partial charge in [0, 0.05) is 25.0 Å². The highest BCUT2D eigenvalue weighted by molar-refractivity contribution is 7.89. The minimum Gasteiger partial charge on any atom is -0.349 e. The van der Waals surface area contributed by atoms with E-state index < -0.39 is 10.0 Å². The standard InChI is InChI=1S/C21H29N5O3S/c1-14-10-15(2)20(16(3)11-14)30(28,29)25-8-6-17(7-9-25)21(27)22-12-19-24-23-13-26(19)18-4-5-18/h10-11,13,17-18H,4-9,12H2,1-3H3,(H,22,27). The summed E-state index contributed by atoms with van der Waals surface area (Å²) in [4.78, 5) is 13.0. The van der Waals surface area contributed by atoms with Crippen molar-refractivity contribution >= 4 is 15.9 Å². The van der Waals surface area contributed by atoms with Crippen LogP contribution in [-0.2, 0) is 21.4 Å². The maximum Gasteiger partial charge on any atom is 0.243 e. The van der Waals surface area contributed by atoms with Crippen LogP contribution in [0.25, 0.3) is 0 Å². The van der Waals surface area contributed by atoms with Crippen molar-refractivity contribution in [3.8, 4) is 0 Å². The van der Waals surface area contributed by atoms with Gasteiger partial charge < -0.3 is 9.88 Å². The predicted molar refractivity (Wildman–Crippen MR) is 112 cm³/mol. The van der Waals surface area contributed by atoms with Crippen LogP contribution in [0.4, 0.5) is 0 Å². The number of rotatable bonds is 6. The molecule has 162 valence electrons. The minimum absolute atomic E-state index is 0.0416. The summed E-state index contributed by atoms with van der Waals surface area (Å²) in [6.45, 7) is 6.71. The number of sulfonamides is 1. The van der Waals surface area contributed by atoms with Crippen molar-refractivity contribution in [2.75, 3.05) is 13.1 Å². The molecule has 9 heteroatoms. The van der Waals surface area contributed by atoms with Gasteiger partial charge in [0.05, 0.1) is 11.4 Å². The van der Waals surface area contributed by atoms with Crippen LogP contribution in [0, 0.1) is 26.7 Å². The number of amides is 1. The Labute approximate surface area is 177 Å². The van der Waals surface area contributed by atoms with Crippen LogP contribution in [0.3, 0.4) is 0 Å². The average Bonchev–Trinajstić information content (AvgIpc) is 3.43. The lowest BCUT2D eigenvalue weighted by molar-refractivity contribution is -0.126. The molecule has 2 aromatic rings. The van der Waals surface area contributed by atoms with Crippen molar-refractivity contribution in [2.45, 2.75) is 63.9 Å². The molecule has 2 aliphatic rings. The summed E-state index contributed by atoms with van der Waals surface area (Å²) in [6, 6.07) is 4.27. The van der Waals surface area contributed by atoms with Gasteiger partial charge in [0.25, 0.3) is 0 Å². The van der Waals surface area contributed by atoms with E-state index in [4.69, 9.17) is 0 Å². The molecule has 4 rings (SSSR count). The topological polar surface area (TPSA) is 97.2 Å². The molecule has 1 N–H and O–H groups in total. The van der Waals surface area contributed by atoms with E-state index >= 15 is 0 Å². The highest BCUT2D eigenvalue weighted by Crippen LogP contribution is 2.35. The van der Waals surface area contributed by atoms with E-state index in [9.17, 15) is 13.2 Å². The second-order valence-electron chi connectivity index (χ2n) is 8.51. The first-order valence-electron chi connectivity index (χ1n) is 10.5. The SMILES string of the molecule is Cc1cc(C)c(S(=O)(=O)N2CCC(C(=O)NCc3nncn3C3CC3)CC2)c(C)c1. The molecular formula is C21H29N5O3S. The summed E-state index contributed by atoms with van der Waals surface area (Å²) in [5, 5.41) is 11.0. The zero-order chi connectivity index (χ0) is 21.5. The number of piperidine rings is 1. The first kappa shape index (κ1) is 21.0. The van der Waals surface area contributed by atoms with Crippen molar-refractivity contribution < 1.29 is 13.2 Å². The molecule has 1 amide bonds. The molecule has 0 bridgehead atoms. The fourth-order valence-electron chi connectivity index (χ4n) is 4.42. The van der Waals surface area contributed by atoms with E-state index in [1.807, 2.05) is 37.5 Å². The molecule has 1 aliphatic heterocycles. The molecule has 1 aromatic heterocycles. The third-order valence-corrected chi connectivity index (χ3v) is 8.24. The molecule has 8 nitrogen and oxygen atoms in total. The number of nitrogens with zero attached hydrogens (tertiary/aromatic N) is 4. The second kappa shape index (κ2) is 8.11. The van der Waals surface area contributed by atoms with Crippen LogP contribution in [0.15, 0.2) is 23.4 Å². The quantitative estimate of drug-likeness (QED) is 0.757. The Bertz CT molecular complexity index is 1030. The van der Waals surface area contributed by atoms with Gasteiger partial charge in [-0.3, -0.25) is 4.79 Å². The van der Waals surface area contributed by atoms with Gasteiger partial charge in [-0.05, 0) is 57.6 Å². The van der Waals surface area contributed by atoms with Crippen molar-refractivity contribution in [3.05, 3.63) is 41.0 Å². The number of hydrogen-bond acceptors (Lipinski definition) is 5. The normalized spacial score (nSPS) is 18.5. The number of carbonyl (C=O) groups excluding carboxylic acids is 1. The van der Waals surface area contributed by atoms with E-state index in [2.05, 4.69) is 15.5 Å². The highest BCUT2D eigenvalue weighted by Gasteiger charge is 2.34. The molecular weight excluding hydrogens is 402 g/mol. The fraction of sp³-hybridized carbons (Fsp3) is 0.571. The fourth-order valence-corrected chi connectivity index (χ4v) is 6.30. The van der Waals surface area contributed by atoms with E-state index in [0.29, 0.717) is 43.4 Å². The predicted octanol–water partition coefficient (Wildman–Crippen LogP) is 2.26. The van der Waals surface area contributed by atoms with Gasteiger partial charge in [0.2, 0.25) is 15.9 Å². The third-order valence-electron chi connectivity index (χ3n) is 6.04. The van der Waals surface area contributed by atoms with Crippen LogP contribution in [-0.4, -0.2) is 46.5 Å². The number of carbonyl (C=O) groups is 1. The van der Waals surface area contributed by atoms with E-state index in [-0.39, 0.29) is 11.8 Å². The van der Waals surface area contributed by atoms with Crippen LogP contribution in [0.1, 0.15) is 54.2 Å². The summed E-state index contributed by atoms with van der Waals surface area (Å²) < 4.78 is 30.0. The molecule has 1 saturated heterocycles. The van der Waals surface area contributed by atoms with E-state index in [0.717, 1.165) is 35.4 Å². The molecule has 0 spiro atoms. The third kappa shape index (κ3) is 4.13. The Balaban J connectivity index is 1.36. The summed E-state index contributed by atoms with van der Waals surface area (Å²) >= 11 is 0. The zero-order valence-electron chi connectivity index (χ0n) is 17.8. The Morgan fingerprint density at radius 1 is 1.10 bits per heavy atom. The molecule has 1 saturated carbocycles. The maximum atomic E-state index is 13.2. The zero-order valence-corrected chi connectivity index (χ0v) is 18.6. The van der Waals surface area contributed by atoms with E-state index in [1.165, 1.54) is 4.31 Å². The monoisotopic (exact) mass is 431 g/mol. The smallest absolute Gasteiger partial charge is 0.243 e. The Kier molecular flexibility index (Phi) is 5.67. The van der Waals surface area contributed by atoms with Crippen LogP contribution >= 0.6 is 0 Å². The summed E-state index contributed by atoms with van der Waals surface area (Å²) in [5.74, 6) is 0.547. The second-order valence-corrected chi connectivity index (χ2v) is 10.4. The van der Waals surface area contributed by atoms with Crippen LogP contribution in [0.2, 0.25) is 0 Å². The van der Waals surface area contributed by atoms with Crippen molar-refractivity contribution in [1.29, 1.82) is 0 Å². The number of aryl methyl sites for hydroxylation is 3. The van der Waals surface area contributed by atoms with Crippen LogP contribution in [0.5, 0.6) is 0 Å². The molecule has 30 heavy (non-hydrogen) atoms. The maximum absolute atomic E-state index is 13.2. The van der Waals surface area contributed by atoms with Gasteiger partial charge in [-0.25, -0.2) is 8.42 Å². The first-order valence-corrected chi connectivity index (χ1v) is 12.0. The Hall–Kier alpha value is -2.26. The van der Waals surface area contributed by atoms with Crippen molar-refractivity contribution in [1.82, 2.24) is 24.4 Å². The van der Waals surface area contributed by atoms with Gasteiger partial charge in [0.15, 0.2) is 5.82 Å². The van der Waals surface area contributed by atoms with Crippen LogP contribution < -0.4 is 5.32 Å². The first-order chi connectivity index (χ1) is 14.3. The lowest BCUT2D eigenvalue weighted by Crippen LogP contribution is -2.43. The van der Waals surface area contributed by atoms with Crippen molar-refractivity contribution in [3.63, 3.8) is 0 Å². The summed E-state index contributed by atoms with van der Waals surface area (Å²) in [5.41, 5.74) is 2.59. The average molecular weight is 432 g/mol. The van der Waals surface area contributed by atoms with Gasteiger partial charge in [0.1, 0.15) is 6.33 Å². The van der Waals surface area contributed by atoms with Crippen molar-refractivity contribution in [2.24, 2.45) is 5.92 Å². The lowest BCUT2D eigenvalue weighted by atomic mass is 9.97. The Morgan fingerprint density at radius 3 is 2.33 bits per heavy atom. The van der Waals surface area contributed by atoms with Gasteiger partial charge in [-0.1, -0.05) is 17.7 Å². The molecule has 1 aliphatic carbocycles. The number of aromatic nitrogens is 3. The summed E-state index contributed by atoms with van der Waals surface area (Å²) in [6.07, 6.45) is 5.02. The lowest BCUT2D eigenvalue weighted by Gasteiger charge is -2.31. The minimum atomic E-state index is -3.57. The molecule has 2 fully saturated rings. The van der Waals surface area contributed by atoms with Gasteiger partial charge in [-0.2, -0.15) is 4.31 Å². The number of benzene rings is 1. The largest absolute Gasteiger partial charge is 0.349 e. The molecule has 1 aromatic carbocycles.